The lowest BCUT2D eigenvalue weighted by Gasteiger charge is -2.20. The highest BCUT2D eigenvalue weighted by Crippen LogP contribution is 2.24. The van der Waals surface area contributed by atoms with E-state index in [-0.39, 0.29) is 11.9 Å². The molecule has 2 unspecified atom stereocenters. The van der Waals surface area contributed by atoms with Crippen LogP contribution in [0.15, 0.2) is 18.2 Å². The van der Waals surface area contributed by atoms with Crippen LogP contribution >= 0.6 is 11.8 Å². The number of thioether (sulfide) groups is 1. The summed E-state index contributed by atoms with van der Waals surface area (Å²) in [5.41, 5.74) is 1.79. The van der Waals surface area contributed by atoms with Crippen LogP contribution in [0.5, 0.6) is 0 Å². The van der Waals surface area contributed by atoms with E-state index in [2.05, 4.69) is 12.2 Å². The van der Waals surface area contributed by atoms with Crippen molar-refractivity contribution in [2.24, 2.45) is 0 Å². The van der Waals surface area contributed by atoms with Gasteiger partial charge in [0.15, 0.2) is 0 Å². The fourth-order valence-electron chi connectivity index (χ4n) is 1.95. The Kier molecular flexibility index (Phi) is 3.87. The van der Waals surface area contributed by atoms with Crippen molar-refractivity contribution in [2.45, 2.75) is 32.4 Å². The summed E-state index contributed by atoms with van der Waals surface area (Å²) in [4.78, 5) is 0. The number of aryl methyl sites for hydroxylation is 1. The molecule has 0 aromatic heterocycles. The van der Waals surface area contributed by atoms with Crippen molar-refractivity contribution in [3.63, 3.8) is 0 Å². The molecule has 1 fully saturated rings. The maximum atomic E-state index is 13.5. The Labute approximate surface area is 101 Å². The quantitative estimate of drug-likeness (QED) is 0.807. The lowest BCUT2D eigenvalue weighted by atomic mass is 10.0. The molecule has 0 spiro atoms. The van der Waals surface area contributed by atoms with Crippen molar-refractivity contribution >= 4 is 11.8 Å². The van der Waals surface area contributed by atoms with Crippen LogP contribution in [0.2, 0.25) is 0 Å². The Balaban J connectivity index is 2.18. The minimum absolute atomic E-state index is 0.0961. The number of benzene rings is 1. The van der Waals surface area contributed by atoms with E-state index in [0.717, 1.165) is 16.9 Å². The molecule has 0 aliphatic carbocycles. The molecule has 1 aliphatic heterocycles. The van der Waals surface area contributed by atoms with Crippen molar-refractivity contribution in [3.8, 4) is 0 Å². The Hall–Kier alpha value is -0.540. The van der Waals surface area contributed by atoms with Crippen molar-refractivity contribution in [1.82, 2.24) is 5.32 Å². The molecule has 1 N–H and O–H groups in total. The SMILES string of the molecule is Cc1ccc(C2CSCCC(C)N2)cc1F. The van der Waals surface area contributed by atoms with Gasteiger partial charge in [0.1, 0.15) is 5.82 Å². The summed E-state index contributed by atoms with van der Waals surface area (Å²) in [6, 6.07) is 6.38. The molecule has 2 rings (SSSR count). The van der Waals surface area contributed by atoms with Crippen LogP contribution in [-0.2, 0) is 0 Å². The molecule has 0 saturated carbocycles. The number of nitrogens with one attached hydrogen (secondary N) is 1. The Morgan fingerprint density at radius 2 is 2.25 bits per heavy atom. The van der Waals surface area contributed by atoms with E-state index in [1.54, 1.807) is 13.0 Å². The van der Waals surface area contributed by atoms with Gasteiger partial charge < -0.3 is 5.32 Å². The third-order valence-corrected chi connectivity index (χ3v) is 4.16. The fourth-order valence-corrected chi connectivity index (χ4v) is 3.17. The summed E-state index contributed by atoms with van der Waals surface area (Å²) in [5.74, 6) is 2.13. The molecule has 0 amide bonds. The summed E-state index contributed by atoms with van der Waals surface area (Å²) in [6.45, 7) is 4.00. The number of hydrogen-bond donors (Lipinski definition) is 1. The predicted octanol–water partition coefficient (Wildman–Crippen LogP) is 3.29. The van der Waals surface area contributed by atoms with Gasteiger partial charge in [-0.25, -0.2) is 4.39 Å². The van der Waals surface area contributed by atoms with Crippen LogP contribution in [-0.4, -0.2) is 17.5 Å². The van der Waals surface area contributed by atoms with E-state index in [4.69, 9.17) is 0 Å². The van der Waals surface area contributed by atoms with Crippen molar-refractivity contribution in [3.05, 3.63) is 35.1 Å². The fraction of sp³-hybridized carbons (Fsp3) is 0.538. The molecule has 0 bridgehead atoms. The van der Waals surface area contributed by atoms with Gasteiger partial charge in [0.2, 0.25) is 0 Å². The first-order valence-corrected chi connectivity index (χ1v) is 6.92. The van der Waals surface area contributed by atoms with Gasteiger partial charge in [0.25, 0.3) is 0 Å². The highest BCUT2D eigenvalue weighted by molar-refractivity contribution is 7.99. The molecule has 2 atom stereocenters. The van der Waals surface area contributed by atoms with Crippen LogP contribution in [0.1, 0.15) is 30.5 Å². The zero-order chi connectivity index (χ0) is 11.5. The summed E-state index contributed by atoms with van der Waals surface area (Å²) < 4.78 is 13.5. The summed E-state index contributed by atoms with van der Waals surface area (Å²) in [5, 5.41) is 3.55. The normalized spacial score (nSPS) is 26.4. The molecular weight excluding hydrogens is 221 g/mol. The summed E-state index contributed by atoms with van der Waals surface area (Å²) in [6.07, 6.45) is 1.19. The highest BCUT2D eigenvalue weighted by atomic mass is 32.2. The molecule has 1 saturated heterocycles. The zero-order valence-corrected chi connectivity index (χ0v) is 10.6. The second kappa shape index (κ2) is 5.19. The van der Waals surface area contributed by atoms with Gasteiger partial charge in [-0.3, -0.25) is 0 Å². The van der Waals surface area contributed by atoms with Gasteiger partial charge in [-0.1, -0.05) is 12.1 Å². The topological polar surface area (TPSA) is 12.0 Å². The first-order chi connectivity index (χ1) is 7.66. The standard InChI is InChI=1S/C13H18FNS/c1-9-3-4-11(7-12(9)14)13-8-16-6-5-10(2)15-13/h3-4,7,10,13,15H,5-6,8H2,1-2H3. The third-order valence-electron chi connectivity index (χ3n) is 3.06. The average Bonchev–Trinajstić information content (AvgIpc) is 2.47. The van der Waals surface area contributed by atoms with Gasteiger partial charge in [-0.2, -0.15) is 11.8 Å². The smallest absolute Gasteiger partial charge is 0.126 e. The minimum atomic E-state index is -0.0961. The van der Waals surface area contributed by atoms with Crippen LogP contribution in [0, 0.1) is 12.7 Å². The van der Waals surface area contributed by atoms with E-state index >= 15 is 0 Å². The molecular formula is C13H18FNS. The monoisotopic (exact) mass is 239 g/mol. The lowest BCUT2D eigenvalue weighted by Crippen LogP contribution is -2.30. The molecule has 1 aromatic carbocycles. The molecule has 3 heteroatoms. The average molecular weight is 239 g/mol. The van der Waals surface area contributed by atoms with Gasteiger partial charge in [0.05, 0.1) is 0 Å². The summed E-state index contributed by atoms with van der Waals surface area (Å²) >= 11 is 1.95. The van der Waals surface area contributed by atoms with Crippen LogP contribution < -0.4 is 5.32 Å². The molecule has 16 heavy (non-hydrogen) atoms. The molecule has 88 valence electrons. The highest BCUT2D eigenvalue weighted by Gasteiger charge is 2.18. The second-order valence-corrected chi connectivity index (χ2v) is 5.64. The van der Waals surface area contributed by atoms with E-state index in [1.807, 2.05) is 23.9 Å². The van der Waals surface area contributed by atoms with E-state index in [1.165, 1.54) is 12.2 Å². The van der Waals surface area contributed by atoms with Gasteiger partial charge >= 0.3 is 0 Å². The molecule has 1 heterocycles. The Morgan fingerprint density at radius 1 is 1.44 bits per heavy atom. The van der Waals surface area contributed by atoms with Gasteiger partial charge in [0, 0.05) is 17.8 Å². The maximum Gasteiger partial charge on any atom is 0.126 e. The number of hydrogen-bond acceptors (Lipinski definition) is 2. The number of halogens is 1. The van der Waals surface area contributed by atoms with Gasteiger partial charge in [-0.05, 0) is 43.2 Å². The maximum absolute atomic E-state index is 13.5. The molecule has 1 aliphatic rings. The lowest BCUT2D eigenvalue weighted by molar-refractivity contribution is 0.482. The van der Waals surface area contributed by atoms with Crippen LogP contribution in [0.3, 0.4) is 0 Å². The van der Waals surface area contributed by atoms with Crippen LogP contribution in [0.4, 0.5) is 4.39 Å². The van der Waals surface area contributed by atoms with Crippen LogP contribution in [0.25, 0.3) is 0 Å². The van der Waals surface area contributed by atoms with Crippen molar-refractivity contribution in [2.75, 3.05) is 11.5 Å². The molecule has 1 nitrogen and oxygen atoms in total. The minimum Gasteiger partial charge on any atom is -0.307 e. The van der Waals surface area contributed by atoms with E-state index in [9.17, 15) is 4.39 Å². The van der Waals surface area contributed by atoms with Crippen molar-refractivity contribution in [1.29, 1.82) is 0 Å². The third kappa shape index (κ3) is 2.77. The van der Waals surface area contributed by atoms with E-state index < -0.39 is 0 Å². The number of rotatable bonds is 1. The molecule has 1 aromatic rings. The van der Waals surface area contributed by atoms with Crippen molar-refractivity contribution < 1.29 is 4.39 Å². The predicted molar refractivity (Wildman–Crippen MR) is 68.4 cm³/mol. The summed E-state index contributed by atoms with van der Waals surface area (Å²) in [7, 11) is 0. The Bertz CT molecular complexity index is 367. The Morgan fingerprint density at radius 3 is 3.00 bits per heavy atom. The zero-order valence-electron chi connectivity index (χ0n) is 9.79. The van der Waals surface area contributed by atoms with E-state index in [0.29, 0.717) is 6.04 Å². The molecule has 0 radical (unpaired) electrons. The first kappa shape index (κ1) is 11.9. The first-order valence-electron chi connectivity index (χ1n) is 5.76. The second-order valence-electron chi connectivity index (χ2n) is 4.49. The van der Waals surface area contributed by atoms with Gasteiger partial charge in [-0.15, -0.1) is 0 Å². The largest absolute Gasteiger partial charge is 0.307 e.